The van der Waals surface area contributed by atoms with Gasteiger partial charge in [-0.25, -0.2) is 8.42 Å². The predicted octanol–water partition coefficient (Wildman–Crippen LogP) is 6.48. The van der Waals surface area contributed by atoms with Crippen LogP contribution in [0.2, 0.25) is 5.02 Å². The van der Waals surface area contributed by atoms with Crippen LogP contribution in [0.1, 0.15) is 36.7 Å². The molecule has 0 unspecified atom stereocenters. The minimum Gasteiger partial charge on any atom is -0.476 e. The largest absolute Gasteiger partial charge is 0.476 e. The third-order valence-corrected chi connectivity index (χ3v) is 8.88. The van der Waals surface area contributed by atoms with Gasteiger partial charge >= 0.3 is 0 Å². The predicted molar refractivity (Wildman–Crippen MR) is 165 cm³/mol. The van der Waals surface area contributed by atoms with E-state index in [1.54, 1.807) is 60.7 Å². The third kappa shape index (κ3) is 6.27. The van der Waals surface area contributed by atoms with E-state index in [1.165, 1.54) is 28.6 Å². The fraction of sp³-hybridized carbons (Fsp3) is 0.188. The van der Waals surface area contributed by atoms with Gasteiger partial charge < -0.3 is 15.4 Å². The maximum absolute atomic E-state index is 13.6. The van der Waals surface area contributed by atoms with E-state index >= 15 is 0 Å². The summed E-state index contributed by atoms with van der Waals surface area (Å²) in [5.41, 5.74) is 2.83. The summed E-state index contributed by atoms with van der Waals surface area (Å²) in [7, 11) is -4.02. The van der Waals surface area contributed by atoms with E-state index < -0.39 is 22.0 Å². The van der Waals surface area contributed by atoms with Crippen LogP contribution in [0.4, 0.5) is 17.1 Å². The number of rotatable bonds is 6. The van der Waals surface area contributed by atoms with Gasteiger partial charge in [-0.05, 0) is 77.7 Å². The van der Waals surface area contributed by atoms with Crippen molar-refractivity contribution in [2.45, 2.75) is 37.2 Å². The first-order chi connectivity index (χ1) is 19.9. The Bertz CT molecular complexity index is 1730. The van der Waals surface area contributed by atoms with Gasteiger partial charge in [0.25, 0.3) is 21.8 Å². The number of para-hydroxylation sites is 2. The monoisotopic (exact) mass is 603 g/mol. The number of carbonyl (C=O) groups excluding carboxylic acids is 2. The Balaban J connectivity index is 1.32. The first kappa shape index (κ1) is 29.2. The zero-order valence-electron chi connectivity index (χ0n) is 23.3. The molecule has 42 heavy (non-hydrogen) atoms. The summed E-state index contributed by atoms with van der Waals surface area (Å²) in [6.45, 7) is 6.08. The highest BCUT2D eigenvalue weighted by atomic mass is 35.5. The zero-order chi connectivity index (χ0) is 30.1. The van der Waals surface area contributed by atoms with Crippen molar-refractivity contribution in [3.63, 3.8) is 0 Å². The van der Waals surface area contributed by atoms with Crippen LogP contribution < -0.4 is 19.7 Å². The van der Waals surface area contributed by atoms with Crippen LogP contribution in [0.25, 0.3) is 0 Å². The van der Waals surface area contributed by atoms with Gasteiger partial charge in [-0.3, -0.25) is 13.9 Å². The number of sulfonamides is 1. The lowest BCUT2D eigenvalue weighted by molar-refractivity contribution is -0.122. The molecule has 4 aromatic rings. The fourth-order valence-electron chi connectivity index (χ4n) is 4.52. The molecule has 0 spiro atoms. The lowest BCUT2D eigenvalue weighted by atomic mass is 9.87. The van der Waals surface area contributed by atoms with Crippen LogP contribution >= 0.6 is 11.6 Å². The van der Waals surface area contributed by atoms with E-state index in [2.05, 4.69) is 31.4 Å². The van der Waals surface area contributed by atoms with Crippen LogP contribution in [0, 0.1) is 0 Å². The number of amides is 2. The van der Waals surface area contributed by atoms with Gasteiger partial charge in [-0.1, -0.05) is 62.7 Å². The average Bonchev–Trinajstić information content (AvgIpc) is 2.96. The second-order valence-corrected chi connectivity index (χ2v) is 13.2. The smallest absolute Gasteiger partial charge is 0.267 e. The van der Waals surface area contributed by atoms with Gasteiger partial charge in [-0.2, -0.15) is 0 Å². The highest BCUT2D eigenvalue weighted by molar-refractivity contribution is 7.92. The standard InChI is InChI=1S/C32H30ClN3O5S/c1-32(2,3)22-13-11-21(12-14-22)30(37)34-24-7-6-8-25(19-24)35-31(38)29-20-36(27-9-4-5-10-28(27)41-29)42(39,40)26-17-15-23(33)16-18-26/h4-19,29H,20H2,1-3H3,(H,34,37)(H,35,38)/t29-/m0/s1. The van der Waals surface area contributed by atoms with Crippen molar-refractivity contribution >= 4 is 50.5 Å². The molecule has 8 nitrogen and oxygen atoms in total. The van der Waals surface area contributed by atoms with E-state index in [0.29, 0.717) is 27.6 Å². The van der Waals surface area contributed by atoms with Crippen molar-refractivity contribution in [1.29, 1.82) is 0 Å². The Morgan fingerprint density at radius 2 is 1.50 bits per heavy atom. The summed E-state index contributed by atoms with van der Waals surface area (Å²) < 4.78 is 34.2. The van der Waals surface area contributed by atoms with Crippen molar-refractivity contribution in [3.8, 4) is 5.75 Å². The quantitative estimate of drug-likeness (QED) is 0.262. The van der Waals surface area contributed by atoms with Gasteiger partial charge in [0.1, 0.15) is 5.75 Å². The molecule has 0 fully saturated rings. The summed E-state index contributed by atoms with van der Waals surface area (Å²) >= 11 is 5.96. The van der Waals surface area contributed by atoms with Gasteiger partial charge in [0.15, 0.2) is 6.10 Å². The van der Waals surface area contributed by atoms with Gasteiger partial charge in [0.2, 0.25) is 0 Å². The molecular weight excluding hydrogens is 574 g/mol. The molecule has 5 rings (SSSR count). The summed E-state index contributed by atoms with van der Waals surface area (Å²) in [6.07, 6.45) is -1.14. The first-order valence-corrected chi connectivity index (χ1v) is 15.1. The Morgan fingerprint density at radius 1 is 0.857 bits per heavy atom. The molecule has 216 valence electrons. The second kappa shape index (κ2) is 11.5. The Morgan fingerprint density at radius 3 is 2.17 bits per heavy atom. The molecule has 1 aliphatic rings. The van der Waals surface area contributed by atoms with Gasteiger partial charge in [0.05, 0.1) is 17.1 Å². The number of hydrogen-bond acceptors (Lipinski definition) is 5. The maximum Gasteiger partial charge on any atom is 0.267 e. The molecular formula is C32H30ClN3O5S. The maximum atomic E-state index is 13.6. The van der Waals surface area contributed by atoms with Crippen LogP contribution in [-0.4, -0.2) is 32.9 Å². The van der Waals surface area contributed by atoms with E-state index in [9.17, 15) is 18.0 Å². The zero-order valence-corrected chi connectivity index (χ0v) is 24.9. The van der Waals surface area contributed by atoms with Crippen LogP contribution in [0.15, 0.2) is 102 Å². The Labute approximate surface area is 250 Å². The fourth-order valence-corrected chi connectivity index (χ4v) is 6.12. The van der Waals surface area contributed by atoms with Crippen molar-refractivity contribution in [2.24, 2.45) is 0 Å². The number of halogens is 1. The third-order valence-electron chi connectivity index (χ3n) is 6.83. The van der Waals surface area contributed by atoms with Crippen molar-refractivity contribution < 1.29 is 22.7 Å². The van der Waals surface area contributed by atoms with Crippen molar-refractivity contribution in [3.05, 3.63) is 113 Å². The number of hydrogen-bond donors (Lipinski definition) is 2. The summed E-state index contributed by atoms with van der Waals surface area (Å²) in [5, 5.41) is 6.05. The molecule has 1 aliphatic heterocycles. The normalized spacial score (nSPS) is 14.9. The van der Waals surface area contributed by atoms with Crippen LogP contribution in [0.5, 0.6) is 5.75 Å². The topological polar surface area (TPSA) is 105 Å². The molecule has 0 radical (unpaired) electrons. The molecule has 0 aliphatic carbocycles. The Hall–Kier alpha value is -4.34. The molecule has 2 amide bonds. The number of carbonyl (C=O) groups is 2. The van der Waals surface area contributed by atoms with E-state index in [1.807, 2.05) is 12.1 Å². The highest BCUT2D eigenvalue weighted by Crippen LogP contribution is 2.37. The van der Waals surface area contributed by atoms with E-state index in [4.69, 9.17) is 16.3 Å². The number of benzene rings is 4. The van der Waals surface area contributed by atoms with E-state index in [-0.39, 0.29) is 28.5 Å². The summed E-state index contributed by atoms with van der Waals surface area (Å²) in [6, 6.07) is 26.6. The van der Waals surface area contributed by atoms with E-state index in [0.717, 1.165) is 5.56 Å². The molecule has 0 saturated heterocycles. The Kier molecular flexibility index (Phi) is 7.99. The first-order valence-electron chi connectivity index (χ1n) is 13.3. The molecule has 0 saturated carbocycles. The van der Waals surface area contributed by atoms with Crippen LogP contribution in [-0.2, 0) is 20.2 Å². The van der Waals surface area contributed by atoms with Gasteiger partial charge in [-0.15, -0.1) is 0 Å². The number of nitrogens with one attached hydrogen (secondary N) is 2. The second-order valence-electron chi connectivity index (χ2n) is 10.9. The summed E-state index contributed by atoms with van der Waals surface area (Å²) in [4.78, 5) is 26.2. The molecule has 1 atom stereocenters. The van der Waals surface area contributed by atoms with Gasteiger partial charge in [0, 0.05) is 22.0 Å². The number of fused-ring (bicyclic) bond motifs is 1. The minimum absolute atomic E-state index is 0.0251. The van der Waals surface area contributed by atoms with Crippen LogP contribution in [0.3, 0.4) is 0 Å². The molecule has 0 aromatic heterocycles. The molecule has 0 bridgehead atoms. The minimum atomic E-state index is -4.02. The highest BCUT2D eigenvalue weighted by Gasteiger charge is 2.37. The molecule has 10 heteroatoms. The molecule has 2 N–H and O–H groups in total. The summed E-state index contributed by atoms with van der Waals surface area (Å²) in [5.74, 6) is -0.559. The van der Waals surface area contributed by atoms with Crippen molar-refractivity contribution in [1.82, 2.24) is 0 Å². The lowest BCUT2D eigenvalue weighted by Crippen LogP contribution is -2.48. The number of anilines is 3. The average molecular weight is 604 g/mol. The molecule has 1 heterocycles. The van der Waals surface area contributed by atoms with Crippen molar-refractivity contribution in [2.75, 3.05) is 21.5 Å². The molecule has 4 aromatic carbocycles. The SMILES string of the molecule is CC(C)(C)c1ccc(C(=O)Nc2cccc(NC(=O)[C@@H]3CN(S(=O)(=O)c4ccc(Cl)cc4)c4ccccc4O3)c2)cc1. The number of nitrogens with zero attached hydrogens (tertiary/aromatic N) is 1. The number of ether oxygens (including phenoxy) is 1. The lowest BCUT2D eigenvalue weighted by Gasteiger charge is -2.34.